The van der Waals surface area contributed by atoms with Crippen LogP contribution in [-0.2, 0) is 13.0 Å². The fraction of sp³-hybridized carbons (Fsp3) is 0.312. The number of hydrogen-bond acceptors (Lipinski definition) is 3. The van der Waals surface area contributed by atoms with Gasteiger partial charge in [0, 0.05) is 32.1 Å². The molecule has 1 heterocycles. The Labute approximate surface area is 125 Å². The highest BCUT2D eigenvalue weighted by molar-refractivity contribution is 5.79. The molecule has 21 heavy (non-hydrogen) atoms. The summed E-state index contributed by atoms with van der Waals surface area (Å²) in [6.45, 7) is 1.42. The lowest BCUT2D eigenvalue weighted by atomic mass is 10.2. The Morgan fingerprint density at radius 3 is 2.76 bits per heavy atom. The second kappa shape index (κ2) is 7.99. The van der Waals surface area contributed by atoms with Crippen LogP contribution in [0.3, 0.4) is 0 Å². The second-order valence-corrected chi connectivity index (χ2v) is 4.49. The van der Waals surface area contributed by atoms with Gasteiger partial charge >= 0.3 is 0 Å². The lowest BCUT2D eigenvalue weighted by Crippen LogP contribution is -2.37. The number of ether oxygens (including phenoxy) is 1. The normalized spacial score (nSPS) is 11.2. The minimum absolute atomic E-state index is 0.657. The number of nitrogens with one attached hydrogen (secondary N) is 2. The molecule has 0 aliphatic carbocycles. The standard InChI is InChI=1S/C16H21N3O2/c1-17-16(18-10-9-14-7-5-11-21-14)19-12-13-6-3-4-8-15(13)20-2/h3-8,11H,9-10,12H2,1-2H3,(H2,17,18,19). The largest absolute Gasteiger partial charge is 0.496 e. The van der Waals surface area contributed by atoms with Gasteiger partial charge in [-0.3, -0.25) is 4.99 Å². The molecule has 0 aliphatic rings. The molecular weight excluding hydrogens is 266 g/mol. The van der Waals surface area contributed by atoms with Gasteiger partial charge in [0.2, 0.25) is 0 Å². The highest BCUT2D eigenvalue weighted by Gasteiger charge is 2.03. The van der Waals surface area contributed by atoms with E-state index in [4.69, 9.17) is 9.15 Å². The summed E-state index contributed by atoms with van der Waals surface area (Å²) in [4.78, 5) is 4.20. The summed E-state index contributed by atoms with van der Waals surface area (Å²) in [6.07, 6.45) is 2.51. The maximum Gasteiger partial charge on any atom is 0.191 e. The van der Waals surface area contributed by atoms with Gasteiger partial charge in [0.05, 0.1) is 13.4 Å². The van der Waals surface area contributed by atoms with Gasteiger partial charge < -0.3 is 19.8 Å². The maximum absolute atomic E-state index is 5.33. The first kappa shape index (κ1) is 15.0. The number of aliphatic imine (C=N–C) groups is 1. The molecule has 0 bridgehead atoms. The van der Waals surface area contributed by atoms with E-state index in [-0.39, 0.29) is 0 Å². The SMILES string of the molecule is CN=C(NCCc1ccco1)NCc1ccccc1OC. The first-order valence-corrected chi connectivity index (χ1v) is 6.92. The summed E-state index contributed by atoms with van der Waals surface area (Å²) in [7, 11) is 3.43. The predicted molar refractivity (Wildman–Crippen MR) is 83.6 cm³/mol. The molecule has 0 amide bonds. The van der Waals surface area contributed by atoms with Crippen LogP contribution in [0, 0.1) is 0 Å². The summed E-state index contributed by atoms with van der Waals surface area (Å²) >= 11 is 0. The van der Waals surface area contributed by atoms with E-state index in [0.717, 1.165) is 36.0 Å². The van der Waals surface area contributed by atoms with Crippen molar-refractivity contribution in [1.82, 2.24) is 10.6 Å². The average molecular weight is 287 g/mol. The van der Waals surface area contributed by atoms with Crippen molar-refractivity contribution in [3.05, 3.63) is 54.0 Å². The fourth-order valence-electron chi connectivity index (χ4n) is 2.01. The number of methoxy groups -OCH3 is 1. The van der Waals surface area contributed by atoms with Gasteiger partial charge in [0.1, 0.15) is 11.5 Å². The Kier molecular flexibility index (Phi) is 5.70. The summed E-state index contributed by atoms with van der Waals surface area (Å²) in [5.41, 5.74) is 1.09. The van der Waals surface area contributed by atoms with Crippen molar-refractivity contribution in [2.24, 2.45) is 4.99 Å². The van der Waals surface area contributed by atoms with Crippen molar-refractivity contribution in [3.63, 3.8) is 0 Å². The van der Waals surface area contributed by atoms with Gasteiger partial charge in [-0.15, -0.1) is 0 Å². The molecule has 5 heteroatoms. The lowest BCUT2D eigenvalue weighted by molar-refractivity contribution is 0.409. The third kappa shape index (κ3) is 4.56. The van der Waals surface area contributed by atoms with Crippen LogP contribution in [0.5, 0.6) is 5.75 Å². The van der Waals surface area contributed by atoms with Crippen LogP contribution >= 0.6 is 0 Å². The first-order chi connectivity index (χ1) is 10.3. The molecular formula is C16H21N3O2. The maximum atomic E-state index is 5.33. The highest BCUT2D eigenvalue weighted by atomic mass is 16.5. The van der Waals surface area contributed by atoms with Gasteiger partial charge in [-0.05, 0) is 18.2 Å². The zero-order valence-corrected chi connectivity index (χ0v) is 12.4. The fourth-order valence-corrected chi connectivity index (χ4v) is 2.01. The number of furan rings is 1. The van der Waals surface area contributed by atoms with Crippen LogP contribution in [0.25, 0.3) is 0 Å². The molecule has 0 saturated carbocycles. The average Bonchev–Trinajstić information content (AvgIpc) is 3.04. The van der Waals surface area contributed by atoms with Gasteiger partial charge in [0.25, 0.3) is 0 Å². The number of guanidine groups is 1. The van der Waals surface area contributed by atoms with Gasteiger partial charge in [-0.25, -0.2) is 0 Å². The number of hydrogen-bond donors (Lipinski definition) is 2. The molecule has 2 aromatic rings. The minimum Gasteiger partial charge on any atom is -0.496 e. The number of nitrogens with zero attached hydrogens (tertiary/aromatic N) is 1. The number of benzene rings is 1. The number of para-hydroxylation sites is 1. The number of rotatable bonds is 6. The van der Waals surface area contributed by atoms with E-state index in [1.165, 1.54) is 0 Å². The molecule has 112 valence electrons. The van der Waals surface area contributed by atoms with Crippen LogP contribution in [-0.4, -0.2) is 26.7 Å². The van der Waals surface area contributed by atoms with Crippen LogP contribution in [0.1, 0.15) is 11.3 Å². The Balaban J connectivity index is 1.80. The molecule has 2 N–H and O–H groups in total. The monoisotopic (exact) mass is 287 g/mol. The van der Waals surface area contributed by atoms with E-state index in [9.17, 15) is 0 Å². The van der Waals surface area contributed by atoms with E-state index >= 15 is 0 Å². The van der Waals surface area contributed by atoms with Gasteiger partial charge in [-0.2, -0.15) is 0 Å². The molecule has 0 saturated heterocycles. The van der Waals surface area contributed by atoms with Crippen molar-refractivity contribution in [2.45, 2.75) is 13.0 Å². The lowest BCUT2D eigenvalue weighted by Gasteiger charge is -2.13. The van der Waals surface area contributed by atoms with Crippen molar-refractivity contribution >= 4 is 5.96 Å². The molecule has 1 aromatic heterocycles. The zero-order chi connectivity index (χ0) is 14.9. The molecule has 0 aliphatic heterocycles. The van der Waals surface area contributed by atoms with E-state index in [1.807, 2.05) is 36.4 Å². The molecule has 0 radical (unpaired) electrons. The highest BCUT2D eigenvalue weighted by Crippen LogP contribution is 2.16. The first-order valence-electron chi connectivity index (χ1n) is 6.92. The summed E-state index contributed by atoms with van der Waals surface area (Å²) in [6, 6.07) is 11.8. The smallest absolute Gasteiger partial charge is 0.191 e. The molecule has 0 atom stereocenters. The quantitative estimate of drug-likeness (QED) is 0.631. The Hall–Kier alpha value is -2.43. The van der Waals surface area contributed by atoms with Crippen molar-refractivity contribution < 1.29 is 9.15 Å². The Morgan fingerprint density at radius 1 is 1.19 bits per heavy atom. The minimum atomic E-state index is 0.657. The molecule has 0 unspecified atom stereocenters. The second-order valence-electron chi connectivity index (χ2n) is 4.49. The molecule has 5 nitrogen and oxygen atoms in total. The van der Waals surface area contributed by atoms with Crippen molar-refractivity contribution in [3.8, 4) is 5.75 Å². The molecule has 0 spiro atoms. The van der Waals surface area contributed by atoms with E-state index in [2.05, 4.69) is 15.6 Å². The zero-order valence-electron chi connectivity index (χ0n) is 12.4. The van der Waals surface area contributed by atoms with E-state index < -0.39 is 0 Å². The third-order valence-electron chi connectivity index (χ3n) is 3.11. The molecule has 1 aromatic carbocycles. The van der Waals surface area contributed by atoms with Gasteiger partial charge in [-0.1, -0.05) is 18.2 Å². The van der Waals surface area contributed by atoms with E-state index in [0.29, 0.717) is 6.54 Å². The Morgan fingerprint density at radius 2 is 2.05 bits per heavy atom. The van der Waals surface area contributed by atoms with Crippen LogP contribution in [0.2, 0.25) is 0 Å². The topological polar surface area (TPSA) is 58.8 Å². The third-order valence-corrected chi connectivity index (χ3v) is 3.11. The van der Waals surface area contributed by atoms with Crippen LogP contribution in [0.15, 0.2) is 52.1 Å². The summed E-state index contributed by atoms with van der Waals surface area (Å²) in [5, 5.41) is 6.52. The predicted octanol–water partition coefficient (Wildman–Crippen LogP) is 2.20. The van der Waals surface area contributed by atoms with Crippen molar-refractivity contribution in [1.29, 1.82) is 0 Å². The van der Waals surface area contributed by atoms with Crippen molar-refractivity contribution in [2.75, 3.05) is 20.7 Å². The Bertz CT molecular complexity index is 565. The van der Waals surface area contributed by atoms with Crippen LogP contribution < -0.4 is 15.4 Å². The summed E-state index contributed by atoms with van der Waals surface area (Å²) < 4.78 is 10.6. The molecule has 0 fully saturated rings. The van der Waals surface area contributed by atoms with E-state index in [1.54, 1.807) is 20.4 Å². The summed E-state index contributed by atoms with van der Waals surface area (Å²) in [5.74, 6) is 2.59. The van der Waals surface area contributed by atoms with Gasteiger partial charge in [0.15, 0.2) is 5.96 Å². The molecule has 2 rings (SSSR count). The van der Waals surface area contributed by atoms with Crippen LogP contribution in [0.4, 0.5) is 0 Å².